The molecular formula is C21H25NO4. The molecule has 5 nitrogen and oxygen atoms in total. The van der Waals surface area contributed by atoms with Gasteiger partial charge in [0.1, 0.15) is 5.75 Å². The van der Waals surface area contributed by atoms with Crippen molar-refractivity contribution in [2.45, 2.75) is 19.8 Å². The van der Waals surface area contributed by atoms with Crippen molar-refractivity contribution >= 4 is 11.9 Å². The predicted molar refractivity (Wildman–Crippen MR) is 101 cm³/mol. The topological polar surface area (TPSA) is 66.8 Å². The van der Waals surface area contributed by atoms with Gasteiger partial charge in [0, 0.05) is 13.6 Å². The largest absolute Gasteiger partial charge is 0.497 e. The fraction of sp³-hybridized carbons (Fsp3) is 0.333. The van der Waals surface area contributed by atoms with Gasteiger partial charge in [-0.25, -0.2) is 4.79 Å². The highest BCUT2D eigenvalue weighted by Crippen LogP contribution is 2.16. The Labute approximate surface area is 154 Å². The van der Waals surface area contributed by atoms with E-state index < -0.39 is 5.97 Å². The lowest BCUT2D eigenvalue weighted by molar-refractivity contribution is -0.129. The number of carbonyl (C=O) groups is 2. The summed E-state index contributed by atoms with van der Waals surface area (Å²) in [6.07, 6.45) is 0.946. The fourth-order valence-electron chi connectivity index (χ4n) is 2.98. The summed E-state index contributed by atoms with van der Waals surface area (Å²) in [5.41, 5.74) is 1.91. The maximum atomic E-state index is 12.5. The minimum atomic E-state index is -1.01. The van der Waals surface area contributed by atoms with Crippen molar-refractivity contribution in [2.24, 2.45) is 5.92 Å². The van der Waals surface area contributed by atoms with E-state index in [1.54, 1.807) is 37.3 Å². The normalized spacial score (nSPS) is 11.7. The van der Waals surface area contributed by atoms with Crippen LogP contribution < -0.4 is 4.74 Å². The van der Waals surface area contributed by atoms with Gasteiger partial charge in [-0.2, -0.15) is 0 Å². The first-order valence-corrected chi connectivity index (χ1v) is 8.58. The highest BCUT2D eigenvalue weighted by Gasteiger charge is 2.17. The molecule has 0 saturated heterocycles. The van der Waals surface area contributed by atoms with Gasteiger partial charge < -0.3 is 14.7 Å². The number of hydrogen-bond donors (Lipinski definition) is 1. The Morgan fingerprint density at radius 3 is 2.38 bits per heavy atom. The summed E-state index contributed by atoms with van der Waals surface area (Å²) in [7, 11) is 3.40. The van der Waals surface area contributed by atoms with E-state index in [-0.39, 0.29) is 23.8 Å². The van der Waals surface area contributed by atoms with Crippen molar-refractivity contribution in [3.63, 3.8) is 0 Å². The number of hydrogen-bond acceptors (Lipinski definition) is 3. The molecule has 0 fully saturated rings. The molecule has 1 N–H and O–H groups in total. The van der Waals surface area contributed by atoms with Gasteiger partial charge in [-0.1, -0.05) is 37.3 Å². The van der Waals surface area contributed by atoms with Crippen molar-refractivity contribution in [1.82, 2.24) is 4.90 Å². The van der Waals surface area contributed by atoms with Crippen molar-refractivity contribution in [2.75, 3.05) is 20.7 Å². The third kappa shape index (κ3) is 5.34. The number of aromatic carboxylic acids is 1. The number of ether oxygens (including phenoxy) is 1. The Kier molecular flexibility index (Phi) is 6.78. The summed E-state index contributed by atoms with van der Waals surface area (Å²) in [6.45, 7) is 2.71. The molecule has 0 aromatic heterocycles. The molecule has 0 aliphatic rings. The summed E-state index contributed by atoms with van der Waals surface area (Å²) in [5, 5.41) is 9.23. The van der Waals surface area contributed by atoms with Crippen LogP contribution in [0.4, 0.5) is 0 Å². The molecule has 0 spiro atoms. The molecule has 138 valence electrons. The molecule has 1 atom stereocenters. The van der Waals surface area contributed by atoms with E-state index in [0.717, 1.165) is 12.2 Å². The third-order valence-electron chi connectivity index (χ3n) is 4.34. The molecule has 1 amide bonds. The molecule has 1 unspecified atom stereocenters. The second-order valence-electron chi connectivity index (χ2n) is 6.57. The molecule has 0 aliphatic heterocycles. The van der Waals surface area contributed by atoms with E-state index >= 15 is 0 Å². The maximum Gasteiger partial charge on any atom is 0.335 e. The second kappa shape index (κ2) is 9.04. The lowest BCUT2D eigenvalue weighted by atomic mass is 10.00. The molecule has 2 rings (SSSR count). The quantitative estimate of drug-likeness (QED) is 0.789. The Hall–Kier alpha value is -2.82. The second-order valence-corrected chi connectivity index (χ2v) is 6.57. The van der Waals surface area contributed by atoms with Crippen LogP contribution in [0, 0.1) is 5.92 Å². The number of amides is 1. The van der Waals surface area contributed by atoms with Gasteiger partial charge in [-0.3, -0.25) is 4.79 Å². The average molecular weight is 355 g/mol. The number of carbonyl (C=O) groups excluding carboxylic acids is 1. The van der Waals surface area contributed by atoms with Crippen LogP contribution in [0.1, 0.15) is 28.4 Å². The molecule has 2 aromatic rings. The molecule has 0 heterocycles. The third-order valence-corrected chi connectivity index (χ3v) is 4.34. The number of nitrogens with zero attached hydrogens (tertiary/aromatic N) is 1. The van der Waals surface area contributed by atoms with Gasteiger partial charge in [0.15, 0.2) is 0 Å². The van der Waals surface area contributed by atoms with Gasteiger partial charge in [-0.15, -0.1) is 0 Å². The summed E-state index contributed by atoms with van der Waals surface area (Å²) in [6, 6.07) is 14.5. The Balaban J connectivity index is 1.92. The van der Waals surface area contributed by atoms with Gasteiger partial charge in [0.05, 0.1) is 19.1 Å². The van der Waals surface area contributed by atoms with Gasteiger partial charge in [0.25, 0.3) is 0 Å². The lowest BCUT2D eigenvalue weighted by Crippen LogP contribution is -2.33. The highest BCUT2D eigenvalue weighted by molar-refractivity contribution is 5.91. The minimum Gasteiger partial charge on any atom is -0.497 e. The zero-order valence-corrected chi connectivity index (χ0v) is 15.4. The summed E-state index contributed by atoms with van der Waals surface area (Å²) >= 11 is 0. The minimum absolute atomic E-state index is 0.0831. The maximum absolute atomic E-state index is 12.5. The van der Waals surface area contributed by atoms with Crippen LogP contribution >= 0.6 is 0 Å². The average Bonchev–Trinajstić information content (AvgIpc) is 2.62. The van der Waals surface area contributed by atoms with E-state index in [1.807, 2.05) is 24.3 Å². The van der Waals surface area contributed by atoms with Crippen LogP contribution in [0.25, 0.3) is 0 Å². The van der Waals surface area contributed by atoms with Crippen molar-refractivity contribution in [3.8, 4) is 5.75 Å². The standard InChI is InChI=1S/C21H25NO4/c1-15(12-16-8-10-18(26-3)11-9-16)14-22(2)20(23)13-17-6-4-5-7-19(17)21(24)25/h4-11,15H,12-14H2,1-3H3,(H,24,25). The number of likely N-dealkylation sites (N-methyl/N-ethyl adjacent to an activating group) is 1. The molecule has 0 radical (unpaired) electrons. The zero-order valence-electron chi connectivity index (χ0n) is 15.4. The van der Waals surface area contributed by atoms with Crippen molar-refractivity contribution in [1.29, 1.82) is 0 Å². The van der Waals surface area contributed by atoms with Crippen molar-refractivity contribution in [3.05, 3.63) is 65.2 Å². The molecular weight excluding hydrogens is 330 g/mol. The van der Waals surface area contributed by atoms with Gasteiger partial charge >= 0.3 is 5.97 Å². The zero-order chi connectivity index (χ0) is 19.1. The Morgan fingerprint density at radius 2 is 1.77 bits per heavy atom. The van der Waals surface area contributed by atoms with Crippen LogP contribution in [0.3, 0.4) is 0 Å². The first-order chi connectivity index (χ1) is 12.4. The summed E-state index contributed by atoms with van der Waals surface area (Å²) < 4.78 is 5.16. The Bertz CT molecular complexity index is 755. The molecule has 0 bridgehead atoms. The number of benzene rings is 2. The lowest BCUT2D eigenvalue weighted by Gasteiger charge is -2.22. The molecule has 2 aromatic carbocycles. The van der Waals surface area contributed by atoms with E-state index in [0.29, 0.717) is 12.1 Å². The van der Waals surface area contributed by atoms with Crippen molar-refractivity contribution < 1.29 is 19.4 Å². The SMILES string of the molecule is COc1ccc(CC(C)CN(C)C(=O)Cc2ccccc2C(=O)O)cc1. The van der Waals surface area contributed by atoms with Gasteiger partial charge in [0.2, 0.25) is 5.91 Å². The molecule has 0 aliphatic carbocycles. The van der Waals surface area contributed by atoms with Crippen LogP contribution in [-0.4, -0.2) is 42.6 Å². The van der Waals surface area contributed by atoms with E-state index in [2.05, 4.69) is 6.92 Å². The monoisotopic (exact) mass is 355 g/mol. The summed E-state index contributed by atoms with van der Waals surface area (Å²) in [4.78, 5) is 25.4. The van der Waals surface area contributed by atoms with E-state index in [4.69, 9.17) is 4.74 Å². The van der Waals surface area contributed by atoms with E-state index in [9.17, 15) is 14.7 Å². The number of methoxy groups -OCH3 is 1. The first-order valence-electron chi connectivity index (χ1n) is 8.58. The summed E-state index contributed by atoms with van der Waals surface area (Å²) in [5.74, 6) is 0.0158. The van der Waals surface area contributed by atoms with Crippen LogP contribution in [-0.2, 0) is 17.6 Å². The number of carboxylic acid groups (broad SMARTS) is 1. The molecule has 26 heavy (non-hydrogen) atoms. The molecule has 0 saturated carbocycles. The van der Waals surface area contributed by atoms with E-state index in [1.165, 1.54) is 11.6 Å². The number of carboxylic acids is 1. The Morgan fingerprint density at radius 1 is 1.12 bits per heavy atom. The fourth-order valence-corrected chi connectivity index (χ4v) is 2.98. The first kappa shape index (κ1) is 19.5. The predicted octanol–water partition coefficient (Wildman–Crippen LogP) is 3.27. The highest BCUT2D eigenvalue weighted by atomic mass is 16.5. The van der Waals surface area contributed by atoms with Gasteiger partial charge in [-0.05, 0) is 41.7 Å². The smallest absolute Gasteiger partial charge is 0.335 e. The number of rotatable bonds is 8. The van der Waals surface area contributed by atoms with Crippen LogP contribution in [0.15, 0.2) is 48.5 Å². The molecule has 5 heteroatoms. The van der Waals surface area contributed by atoms with Crippen LogP contribution in [0.2, 0.25) is 0 Å². The van der Waals surface area contributed by atoms with Crippen LogP contribution in [0.5, 0.6) is 5.75 Å².